The molecule has 4 nitrogen and oxygen atoms in total. The first kappa shape index (κ1) is 17.4. The van der Waals surface area contributed by atoms with E-state index in [9.17, 15) is 0 Å². The molecule has 2 aliphatic rings. The number of allylic oxidation sites excluding steroid dienone is 3. The molecule has 0 N–H and O–H groups in total. The fraction of sp³-hybridized carbons (Fsp3) is 0.261. The molecular weight excluding hydrogens is 336 g/mol. The van der Waals surface area contributed by atoms with Crippen LogP contribution in [-0.2, 0) is 6.42 Å². The summed E-state index contributed by atoms with van der Waals surface area (Å²) in [5, 5.41) is 0. The van der Waals surface area contributed by atoms with E-state index in [1.54, 1.807) is 13.4 Å². The molecular formula is C23H24N2O2. The number of methoxy groups -OCH3 is 1. The molecule has 3 heterocycles. The van der Waals surface area contributed by atoms with Crippen LogP contribution in [0.1, 0.15) is 31.1 Å². The summed E-state index contributed by atoms with van der Waals surface area (Å²) in [4.78, 5) is 6.92. The zero-order valence-electron chi connectivity index (χ0n) is 15.8. The zero-order valence-corrected chi connectivity index (χ0v) is 15.8. The minimum atomic E-state index is 0.433. The van der Waals surface area contributed by atoms with Crippen molar-refractivity contribution in [2.45, 2.75) is 26.2 Å². The van der Waals surface area contributed by atoms with Gasteiger partial charge in [0.05, 0.1) is 30.5 Å². The maximum absolute atomic E-state index is 5.62. The number of aliphatic imine (C=N–C) groups is 1. The number of fused-ring (bicyclic) bond motifs is 1. The van der Waals surface area contributed by atoms with Crippen LogP contribution < -0.4 is 4.74 Å². The van der Waals surface area contributed by atoms with Gasteiger partial charge in [-0.2, -0.15) is 0 Å². The molecule has 0 fully saturated rings. The lowest BCUT2D eigenvalue weighted by atomic mass is 10.0. The summed E-state index contributed by atoms with van der Waals surface area (Å²) in [6.45, 7) is 2.24. The molecule has 1 unspecified atom stereocenters. The van der Waals surface area contributed by atoms with Crippen LogP contribution in [0.4, 0.5) is 0 Å². The lowest BCUT2D eigenvalue weighted by molar-refractivity contribution is 0.412. The van der Waals surface area contributed by atoms with Crippen molar-refractivity contribution in [3.63, 3.8) is 0 Å². The summed E-state index contributed by atoms with van der Waals surface area (Å²) in [5.41, 5.74) is 4.48. The van der Waals surface area contributed by atoms with E-state index < -0.39 is 0 Å². The van der Waals surface area contributed by atoms with Crippen LogP contribution >= 0.6 is 0 Å². The summed E-state index contributed by atoms with van der Waals surface area (Å²) in [5.74, 6) is 2.30. The van der Waals surface area contributed by atoms with E-state index in [1.807, 2.05) is 36.7 Å². The number of ether oxygens (including phenoxy) is 1. The quantitative estimate of drug-likeness (QED) is 0.715. The molecule has 0 bridgehead atoms. The summed E-state index contributed by atoms with van der Waals surface area (Å²) in [6.07, 6.45) is 12.9. The fourth-order valence-corrected chi connectivity index (χ4v) is 3.58. The van der Waals surface area contributed by atoms with Crippen molar-refractivity contribution >= 4 is 11.4 Å². The molecule has 0 spiro atoms. The third kappa shape index (κ3) is 3.61. The third-order valence-electron chi connectivity index (χ3n) is 4.96. The highest BCUT2D eigenvalue weighted by atomic mass is 16.5. The molecule has 1 aromatic carbocycles. The number of furan rings is 1. The molecule has 4 heteroatoms. The van der Waals surface area contributed by atoms with Crippen molar-refractivity contribution in [3.8, 4) is 5.75 Å². The average molecular weight is 360 g/mol. The van der Waals surface area contributed by atoms with Gasteiger partial charge in [0.25, 0.3) is 0 Å². The van der Waals surface area contributed by atoms with Crippen LogP contribution in [0.5, 0.6) is 5.75 Å². The molecule has 2 aliphatic heterocycles. The highest BCUT2D eigenvalue weighted by Crippen LogP contribution is 2.36. The van der Waals surface area contributed by atoms with Gasteiger partial charge in [0, 0.05) is 24.4 Å². The average Bonchev–Trinajstić information content (AvgIpc) is 3.16. The molecule has 4 rings (SSSR count). The van der Waals surface area contributed by atoms with Crippen LogP contribution in [0.3, 0.4) is 0 Å². The molecule has 0 amide bonds. The Hall–Kier alpha value is -3.01. The van der Waals surface area contributed by atoms with E-state index in [2.05, 4.69) is 41.1 Å². The van der Waals surface area contributed by atoms with E-state index in [1.165, 1.54) is 0 Å². The fourth-order valence-electron chi connectivity index (χ4n) is 3.58. The number of aryl methyl sites for hydroxylation is 1. The van der Waals surface area contributed by atoms with E-state index in [0.29, 0.717) is 5.92 Å². The van der Waals surface area contributed by atoms with Gasteiger partial charge in [-0.1, -0.05) is 31.2 Å². The normalized spacial score (nSPS) is 19.0. The Labute approximate surface area is 160 Å². The van der Waals surface area contributed by atoms with E-state index >= 15 is 0 Å². The van der Waals surface area contributed by atoms with Crippen molar-refractivity contribution in [1.29, 1.82) is 0 Å². The van der Waals surface area contributed by atoms with Crippen molar-refractivity contribution in [2.24, 2.45) is 10.9 Å². The minimum absolute atomic E-state index is 0.433. The highest BCUT2D eigenvalue weighted by Gasteiger charge is 2.25. The van der Waals surface area contributed by atoms with E-state index in [4.69, 9.17) is 9.15 Å². The predicted octanol–water partition coefficient (Wildman–Crippen LogP) is 5.41. The first-order chi connectivity index (χ1) is 13.3. The largest absolute Gasteiger partial charge is 0.496 e. The Morgan fingerprint density at radius 3 is 2.85 bits per heavy atom. The van der Waals surface area contributed by atoms with Crippen LogP contribution in [0.15, 0.2) is 82.3 Å². The topological polar surface area (TPSA) is 38.0 Å². The lowest BCUT2D eigenvalue weighted by Gasteiger charge is -2.29. The number of benzene rings is 1. The molecule has 0 saturated heterocycles. The maximum atomic E-state index is 5.62. The Balaban J connectivity index is 1.67. The van der Waals surface area contributed by atoms with Gasteiger partial charge < -0.3 is 14.1 Å². The molecule has 0 saturated carbocycles. The van der Waals surface area contributed by atoms with E-state index in [-0.39, 0.29) is 0 Å². The second kappa shape index (κ2) is 7.70. The zero-order chi connectivity index (χ0) is 18.6. The second-order valence-electron chi connectivity index (χ2n) is 6.88. The first-order valence-electron chi connectivity index (χ1n) is 9.37. The second-order valence-corrected chi connectivity index (χ2v) is 6.88. The van der Waals surface area contributed by atoms with Crippen LogP contribution in [0.2, 0.25) is 0 Å². The van der Waals surface area contributed by atoms with Gasteiger partial charge in [-0.15, -0.1) is 0 Å². The SMILES string of the molecule is COc1ccccc1C1=CC(C)CC=C2C(CCc3ccco3)=NC=CN21. The Morgan fingerprint density at radius 1 is 1.15 bits per heavy atom. The van der Waals surface area contributed by atoms with Crippen LogP contribution in [0.25, 0.3) is 5.70 Å². The molecule has 0 radical (unpaired) electrons. The van der Waals surface area contributed by atoms with Gasteiger partial charge in [0.15, 0.2) is 0 Å². The number of rotatable bonds is 5. The number of nitrogens with zero attached hydrogens (tertiary/aromatic N) is 2. The monoisotopic (exact) mass is 360 g/mol. The molecule has 2 aromatic rings. The van der Waals surface area contributed by atoms with Gasteiger partial charge in [-0.25, -0.2) is 0 Å². The smallest absolute Gasteiger partial charge is 0.128 e. The van der Waals surface area contributed by atoms with Gasteiger partial charge in [-0.05, 0) is 43.0 Å². The summed E-state index contributed by atoms with van der Waals surface area (Å²) < 4.78 is 11.1. The first-order valence-corrected chi connectivity index (χ1v) is 9.37. The van der Waals surface area contributed by atoms with Crippen molar-refractivity contribution in [3.05, 3.63) is 84.2 Å². The Bertz CT molecular complexity index is 920. The molecule has 1 aromatic heterocycles. The highest BCUT2D eigenvalue weighted by molar-refractivity contribution is 6.02. The Kier molecular flexibility index (Phi) is 4.97. The van der Waals surface area contributed by atoms with Crippen molar-refractivity contribution < 1.29 is 9.15 Å². The molecule has 27 heavy (non-hydrogen) atoms. The maximum Gasteiger partial charge on any atom is 0.128 e. The van der Waals surface area contributed by atoms with E-state index in [0.717, 1.165) is 53.4 Å². The number of para-hydroxylation sites is 1. The molecule has 0 aliphatic carbocycles. The number of hydrogen-bond acceptors (Lipinski definition) is 4. The van der Waals surface area contributed by atoms with Crippen molar-refractivity contribution in [1.82, 2.24) is 4.90 Å². The number of hydrogen-bond donors (Lipinski definition) is 0. The van der Waals surface area contributed by atoms with Gasteiger partial charge in [0.2, 0.25) is 0 Å². The van der Waals surface area contributed by atoms with Gasteiger partial charge >= 0.3 is 0 Å². The van der Waals surface area contributed by atoms with Crippen molar-refractivity contribution in [2.75, 3.05) is 7.11 Å². The van der Waals surface area contributed by atoms with Crippen LogP contribution in [-0.4, -0.2) is 17.7 Å². The van der Waals surface area contributed by atoms with Gasteiger partial charge in [0.1, 0.15) is 11.5 Å². The minimum Gasteiger partial charge on any atom is -0.496 e. The standard InChI is InChI=1S/C23H24N2O2/c1-17-9-12-21-20(11-10-18-6-5-15-27-18)24-13-14-25(21)22(16-17)19-7-3-4-8-23(19)26-2/h3-8,12-17H,9-11H2,1-2H3. The van der Waals surface area contributed by atoms with Crippen LogP contribution in [0, 0.1) is 5.92 Å². The summed E-state index contributed by atoms with van der Waals surface area (Å²) in [6, 6.07) is 12.1. The molecule has 1 atom stereocenters. The van der Waals surface area contributed by atoms with Gasteiger partial charge in [-0.3, -0.25) is 4.99 Å². The Morgan fingerprint density at radius 2 is 2.04 bits per heavy atom. The predicted molar refractivity (Wildman–Crippen MR) is 108 cm³/mol. The summed E-state index contributed by atoms with van der Waals surface area (Å²) in [7, 11) is 1.72. The molecule has 138 valence electrons. The summed E-state index contributed by atoms with van der Waals surface area (Å²) >= 11 is 0. The third-order valence-corrected chi connectivity index (χ3v) is 4.96. The lowest BCUT2D eigenvalue weighted by Crippen LogP contribution is -2.24.